The second-order valence-corrected chi connectivity index (χ2v) is 12.6. The van der Waals surface area contributed by atoms with Gasteiger partial charge in [-0.2, -0.15) is 12.7 Å². The van der Waals surface area contributed by atoms with Crippen molar-refractivity contribution in [1.29, 1.82) is 0 Å². The third-order valence-corrected chi connectivity index (χ3v) is 8.36. The molecule has 0 saturated carbocycles. The lowest BCUT2D eigenvalue weighted by molar-refractivity contribution is -0.140. The highest BCUT2D eigenvalue weighted by Crippen LogP contribution is 2.22. The molecule has 0 fully saturated rings. The molecule has 0 saturated heterocycles. The number of amides is 2. The van der Waals surface area contributed by atoms with Crippen molar-refractivity contribution in [2.24, 2.45) is 5.92 Å². The molecular formula is C30H37ClN4O4S. The summed E-state index contributed by atoms with van der Waals surface area (Å²) in [5, 5.41) is 3.52. The van der Waals surface area contributed by atoms with Gasteiger partial charge in [0.2, 0.25) is 11.8 Å². The van der Waals surface area contributed by atoms with E-state index in [0.717, 1.165) is 19.7 Å². The molecule has 214 valence electrons. The second kappa shape index (κ2) is 14.3. The number of para-hydroxylation sites is 1. The van der Waals surface area contributed by atoms with Crippen molar-refractivity contribution < 1.29 is 18.0 Å². The van der Waals surface area contributed by atoms with Crippen LogP contribution < -0.4 is 9.62 Å². The smallest absolute Gasteiger partial charge is 0.304 e. The Labute approximate surface area is 242 Å². The third kappa shape index (κ3) is 8.55. The molecule has 0 spiro atoms. The number of nitrogens with one attached hydrogen (secondary N) is 1. The second-order valence-electron chi connectivity index (χ2n) is 10.1. The number of hydrogen-bond acceptors (Lipinski definition) is 4. The minimum Gasteiger partial charge on any atom is -0.354 e. The molecular weight excluding hydrogens is 548 g/mol. The number of rotatable bonds is 13. The molecule has 0 bridgehead atoms. The third-order valence-electron chi connectivity index (χ3n) is 6.28. The Bertz CT molecular complexity index is 1350. The first-order valence-corrected chi connectivity index (χ1v) is 14.9. The van der Waals surface area contributed by atoms with Crippen molar-refractivity contribution in [2.75, 3.05) is 31.5 Å². The van der Waals surface area contributed by atoms with Crippen molar-refractivity contribution in [1.82, 2.24) is 14.5 Å². The van der Waals surface area contributed by atoms with Crippen LogP contribution in [0.3, 0.4) is 0 Å². The zero-order valence-electron chi connectivity index (χ0n) is 23.3. The van der Waals surface area contributed by atoms with Crippen molar-refractivity contribution in [3.63, 3.8) is 0 Å². The summed E-state index contributed by atoms with van der Waals surface area (Å²) in [7, 11) is -1.19. The topological polar surface area (TPSA) is 90.0 Å². The summed E-state index contributed by atoms with van der Waals surface area (Å²) in [6.45, 7) is 4.03. The van der Waals surface area contributed by atoms with Gasteiger partial charge in [-0.25, -0.2) is 4.31 Å². The first kappa shape index (κ1) is 31.1. The first-order chi connectivity index (χ1) is 19.0. The SMILES string of the molecule is CC(C)CNC(=O)[C@H](Cc1ccccc1)N(Cc1ccc(Cl)cc1)C(=O)CN(c1ccccc1)S(=O)(=O)N(C)C. The van der Waals surface area contributed by atoms with Crippen LogP contribution in [0.15, 0.2) is 84.9 Å². The minimum atomic E-state index is -4.02. The van der Waals surface area contributed by atoms with Crippen LogP contribution in [0.5, 0.6) is 0 Å². The fraction of sp³-hybridized carbons (Fsp3) is 0.333. The average Bonchev–Trinajstić information content (AvgIpc) is 2.94. The van der Waals surface area contributed by atoms with E-state index in [0.29, 0.717) is 17.3 Å². The zero-order chi connectivity index (χ0) is 29.3. The Morgan fingerprint density at radius 3 is 1.98 bits per heavy atom. The van der Waals surface area contributed by atoms with Crippen LogP contribution in [-0.2, 0) is 32.8 Å². The molecule has 0 unspecified atom stereocenters. The Hall–Kier alpha value is -3.40. The normalized spacial score (nSPS) is 12.3. The number of halogens is 1. The van der Waals surface area contributed by atoms with Crippen molar-refractivity contribution in [3.05, 3.63) is 101 Å². The number of carbonyl (C=O) groups is 2. The summed E-state index contributed by atoms with van der Waals surface area (Å²) in [5.41, 5.74) is 1.98. The Morgan fingerprint density at radius 2 is 1.43 bits per heavy atom. The van der Waals surface area contributed by atoms with Crippen LogP contribution in [0.1, 0.15) is 25.0 Å². The molecule has 8 nitrogen and oxygen atoms in total. The highest BCUT2D eigenvalue weighted by Gasteiger charge is 2.34. The highest BCUT2D eigenvalue weighted by atomic mass is 35.5. The van der Waals surface area contributed by atoms with Gasteiger partial charge in [-0.15, -0.1) is 0 Å². The molecule has 3 aromatic carbocycles. The van der Waals surface area contributed by atoms with Gasteiger partial charge in [-0.05, 0) is 41.3 Å². The van der Waals surface area contributed by atoms with Crippen LogP contribution in [0.25, 0.3) is 0 Å². The summed E-state index contributed by atoms with van der Waals surface area (Å²) in [4.78, 5) is 29.2. The Kier molecular flexibility index (Phi) is 11.1. The van der Waals surface area contributed by atoms with Crippen molar-refractivity contribution >= 4 is 39.3 Å². The summed E-state index contributed by atoms with van der Waals surface area (Å²) in [6, 6.07) is 24.0. The van der Waals surface area contributed by atoms with Gasteiger partial charge in [0, 0.05) is 38.6 Å². The predicted molar refractivity (Wildman–Crippen MR) is 160 cm³/mol. The van der Waals surface area contributed by atoms with Crippen LogP contribution in [0, 0.1) is 5.92 Å². The number of hydrogen-bond donors (Lipinski definition) is 1. The van der Waals surface area contributed by atoms with Gasteiger partial charge in [0.15, 0.2) is 0 Å². The van der Waals surface area contributed by atoms with E-state index >= 15 is 0 Å². The van der Waals surface area contributed by atoms with Crippen LogP contribution in [0.4, 0.5) is 5.69 Å². The maximum absolute atomic E-state index is 14.1. The van der Waals surface area contributed by atoms with E-state index < -0.39 is 28.7 Å². The Morgan fingerprint density at radius 1 is 0.850 bits per heavy atom. The highest BCUT2D eigenvalue weighted by molar-refractivity contribution is 7.90. The number of nitrogens with zero attached hydrogens (tertiary/aromatic N) is 3. The van der Waals surface area contributed by atoms with Gasteiger partial charge in [0.05, 0.1) is 5.69 Å². The fourth-order valence-corrected chi connectivity index (χ4v) is 5.26. The maximum atomic E-state index is 14.1. The average molecular weight is 585 g/mol. The van der Waals surface area contributed by atoms with E-state index in [4.69, 9.17) is 11.6 Å². The lowest BCUT2D eigenvalue weighted by atomic mass is 10.0. The van der Waals surface area contributed by atoms with Crippen LogP contribution in [0.2, 0.25) is 5.02 Å². The first-order valence-electron chi connectivity index (χ1n) is 13.1. The van der Waals surface area contributed by atoms with Gasteiger partial charge in [-0.3, -0.25) is 9.59 Å². The lowest BCUT2D eigenvalue weighted by Gasteiger charge is -2.34. The molecule has 0 aliphatic heterocycles. The molecule has 40 heavy (non-hydrogen) atoms. The molecule has 0 aliphatic rings. The van der Waals surface area contributed by atoms with E-state index in [1.165, 1.54) is 19.0 Å². The van der Waals surface area contributed by atoms with Gasteiger partial charge >= 0.3 is 10.2 Å². The summed E-state index contributed by atoms with van der Waals surface area (Å²) >= 11 is 6.10. The molecule has 0 aliphatic carbocycles. The lowest BCUT2D eigenvalue weighted by Crippen LogP contribution is -2.54. The number of benzene rings is 3. The van der Waals surface area contributed by atoms with E-state index in [-0.39, 0.29) is 24.8 Å². The molecule has 0 aromatic heterocycles. The Balaban J connectivity index is 2.06. The molecule has 3 rings (SSSR count). The molecule has 2 amide bonds. The fourth-order valence-electron chi connectivity index (χ4n) is 4.07. The van der Waals surface area contributed by atoms with Crippen molar-refractivity contribution in [2.45, 2.75) is 32.9 Å². The van der Waals surface area contributed by atoms with Crippen LogP contribution >= 0.6 is 11.6 Å². The molecule has 0 heterocycles. The number of carbonyl (C=O) groups excluding carboxylic acids is 2. The van der Waals surface area contributed by atoms with Crippen LogP contribution in [-0.4, -0.2) is 62.7 Å². The molecule has 3 aromatic rings. The van der Waals surface area contributed by atoms with Gasteiger partial charge < -0.3 is 10.2 Å². The molecule has 1 N–H and O–H groups in total. The molecule has 10 heteroatoms. The standard InChI is InChI=1S/C30H37ClN4O4S/c1-23(2)20-32-30(37)28(19-24-11-7-5-8-12-24)34(21-25-15-17-26(31)18-16-25)29(36)22-35(40(38,39)33(3)4)27-13-9-6-10-14-27/h5-18,23,28H,19-22H2,1-4H3,(H,32,37)/t28-/m0/s1. The van der Waals surface area contributed by atoms with E-state index in [1.54, 1.807) is 54.6 Å². The molecule has 0 radical (unpaired) electrons. The maximum Gasteiger partial charge on any atom is 0.304 e. The van der Waals surface area contributed by atoms with E-state index in [9.17, 15) is 18.0 Å². The predicted octanol–water partition coefficient (Wildman–Crippen LogP) is 4.37. The van der Waals surface area contributed by atoms with E-state index in [1.807, 2.05) is 44.2 Å². The minimum absolute atomic E-state index is 0.0905. The van der Waals surface area contributed by atoms with E-state index in [2.05, 4.69) is 5.32 Å². The summed E-state index contributed by atoms with van der Waals surface area (Å²) < 4.78 is 28.8. The quantitative estimate of drug-likeness (QED) is 0.323. The van der Waals surface area contributed by atoms with Gasteiger partial charge in [0.1, 0.15) is 12.6 Å². The monoisotopic (exact) mass is 584 g/mol. The van der Waals surface area contributed by atoms with Gasteiger partial charge in [0.25, 0.3) is 0 Å². The summed E-state index contributed by atoms with van der Waals surface area (Å²) in [5.74, 6) is -0.605. The zero-order valence-corrected chi connectivity index (χ0v) is 24.9. The largest absolute Gasteiger partial charge is 0.354 e. The van der Waals surface area contributed by atoms with Gasteiger partial charge in [-0.1, -0.05) is 86.1 Å². The summed E-state index contributed by atoms with van der Waals surface area (Å²) in [6.07, 6.45) is 0.260. The molecule has 1 atom stereocenters. The van der Waals surface area contributed by atoms with Crippen molar-refractivity contribution in [3.8, 4) is 0 Å². The number of anilines is 1.